The van der Waals surface area contributed by atoms with E-state index in [4.69, 9.17) is 4.74 Å². The summed E-state index contributed by atoms with van der Waals surface area (Å²) in [5.41, 5.74) is -7.77. The Morgan fingerprint density at radius 2 is 0.771 bits per heavy atom. The van der Waals surface area contributed by atoms with E-state index >= 15 is 0 Å². The van der Waals surface area contributed by atoms with Crippen molar-refractivity contribution in [3.8, 4) is 0 Å². The van der Waals surface area contributed by atoms with Gasteiger partial charge in [-0.2, -0.15) is 0 Å². The van der Waals surface area contributed by atoms with Gasteiger partial charge in [-0.15, -0.1) is 0 Å². The molecular formula is C27H45N3O18. The van der Waals surface area contributed by atoms with Crippen molar-refractivity contribution in [1.82, 2.24) is 16.0 Å². The van der Waals surface area contributed by atoms with Gasteiger partial charge in [0, 0.05) is 38.5 Å². The van der Waals surface area contributed by atoms with Crippen LogP contribution in [-0.2, 0) is 19.1 Å². The number of amides is 3. The van der Waals surface area contributed by atoms with Gasteiger partial charge in [0.15, 0.2) is 6.29 Å². The molecule has 1 saturated heterocycles. The lowest BCUT2D eigenvalue weighted by Crippen LogP contribution is -2.76. The summed E-state index contributed by atoms with van der Waals surface area (Å²) < 4.78 is 5.36. The van der Waals surface area contributed by atoms with Gasteiger partial charge >= 0.3 is 0 Å². The zero-order chi connectivity index (χ0) is 36.1. The number of carbonyl (C=O) groups is 3. The van der Waals surface area contributed by atoms with E-state index in [1.54, 1.807) is 0 Å². The lowest BCUT2D eigenvalue weighted by molar-refractivity contribution is -0.214. The molecule has 276 valence electrons. The van der Waals surface area contributed by atoms with Crippen LogP contribution in [0.4, 0.5) is 0 Å². The number of nitrogens with one attached hydrogen (secondary N) is 3. The molecule has 3 saturated carbocycles. The smallest absolute Gasteiger partial charge is 0.252 e. The lowest BCUT2D eigenvalue weighted by atomic mass is 9.77. The van der Waals surface area contributed by atoms with Crippen LogP contribution in [0.2, 0.25) is 0 Å². The highest BCUT2D eigenvalue weighted by Crippen LogP contribution is 2.34. The zero-order valence-corrected chi connectivity index (χ0v) is 25.4. The van der Waals surface area contributed by atoms with E-state index in [1.807, 2.05) is 0 Å². The molecule has 17 N–H and O–H groups in total. The maximum absolute atomic E-state index is 13.6. The summed E-state index contributed by atoms with van der Waals surface area (Å²) in [5, 5.41) is 151. The van der Waals surface area contributed by atoms with Crippen molar-refractivity contribution in [2.45, 2.75) is 141 Å². The minimum absolute atomic E-state index is 0.796. The topological polar surface area (TPSA) is 380 Å². The Balaban J connectivity index is 1.69. The van der Waals surface area contributed by atoms with E-state index in [2.05, 4.69) is 16.0 Å². The van der Waals surface area contributed by atoms with Crippen molar-refractivity contribution in [2.75, 3.05) is 6.61 Å². The molecule has 11 atom stereocenters. The van der Waals surface area contributed by atoms with Crippen molar-refractivity contribution < 1.29 is 90.6 Å². The van der Waals surface area contributed by atoms with Crippen LogP contribution in [0.5, 0.6) is 0 Å². The third-order valence-corrected chi connectivity index (χ3v) is 9.78. The van der Waals surface area contributed by atoms with Crippen molar-refractivity contribution in [2.24, 2.45) is 0 Å². The second-order valence-electron chi connectivity index (χ2n) is 13.4. The van der Waals surface area contributed by atoms with Crippen molar-refractivity contribution in [3.63, 3.8) is 0 Å². The number of rotatable bonds is 7. The second kappa shape index (κ2) is 14.2. The van der Waals surface area contributed by atoms with Crippen molar-refractivity contribution >= 4 is 17.7 Å². The molecule has 3 amide bonds. The molecule has 4 aliphatic rings. The van der Waals surface area contributed by atoms with Crippen molar-refractivity contribution in [3.05, 3.63) is 0 Å². The lowest BCUT2D eigenvalue weighted by Gasteiger charge is -2.49. The maximum Gasteiger partial charge on any atom is 0.252 e. The van der Waals surface area contributed by atoms with E-state index in [9.17, 15) is 85.9 Å². The first-order valence-corrected chi connectivity index (χ1v) is 15.3. The Morgan fingerprint density at radius 3 is 1.06 bits per heavy atom. The Bertz CT molecular complexity index is 1160. The average Bonchev–Trinajstić information content (AvgIpc) is 2.99. The average molecular weight is 700 g/mol. The summed E-state index contributed by atoms with van der Waals surface area (Å²) in [7, 11) is 0. The first-order chi connectivity index (χ1) is 22.2. The molecule has 0 bridgehead atoms. The van der Waals surface area contributed by atoms with Gasteiger partial charge in [-0.25, -0.2) is 0 Å². The molecule has 0 spiro atoms. The van der Waals surface area contributed by atoms with Gasteiger partial charge in [0.05, 0.1) is 55.3 Å². The highest BCUT2D eigenvalue weighted by Gasteiger charge is 2.56. The summed E-state index contributed by atoms with van der Waals surface area (Å²) in [6.07, 6.45) is -24.6. The SMILES string of the molecule is O=C(NC1C(O)OC(CO)C(NC(=O)C2(O)C[C@@H](O)C(O)[C@H](O)C2)C1NC(=O)C1(O)C[C@@H](O)C(O)[C@H](O)C1)C1(O)C[C@@H](O)C(O)[C@H](O)C1. The van der Waals surface area contributed by atoms with Crippen LogP contribution in [0.1, 0.15) is 38.5 Å². The monoisotopic (exact) mass is 699 g/mol. The molecule has 4 rings (SSSR count). The molecule has 48 heavy (non-hydrogen) atoms. The van der Waals surface area contributed by atoms with E-state index in [-0.39, 0.29) is 0 Å². The number of carbonyl (C=O) groups excluding carboxylic acids is 3. The van der Waals surface area contributed by atoms with Crippen LogP contribution in [0.25, 0.3) is 0 Å². The fourth-order valence-electron chi connectivity index (χ4n) is 6.89. The van der Waals surface area contributed by atoms with Crippen molar-refractivity contribution in [1.29, 1.82) is 0 Å². The fourth-order valence-corrected chi connectivity index (χ4v) is 6.89. The van der Waals surface area contributed by atoms with Crippen LogP contribution < -0.4 is 16.0 Å². The molecule has 21 heteroatoms. The molecule has 4 fully saturated rings. The van der Waals surface area contributed by atoms with E-state index in [1.165, 1.54) is 0 Å². The number of hydrogen-bond acceptors (Lipinski definition) is 18. The molecule has 1 aliphatic heterocycles. The van der Waals surface area contributed by atoms with Gasteiger partial charge in [0.25, 0.3) is 17.7 Å². The van der Waals surface area contributed by atoms with E-state index in [0.717, 1.165) is 0 Å². The summed E-state index contributed by atoms with van der Waals surface area (Å²) in [6.45, 7) is -1.01. The number of aliphatic hydroxyl groups excluding tert-OH is 11. The maximum atomic E-state index is 13.6. The molecule has 5 unspecified atom stereocenters. The summed E-state index contributed by atoms with van der Waals surface area (Å²) in [6, 6.07) is -5.56. The quantitative estimate of drug-likeness (QED) is 0.117. The molecule has 1 heterocycles. The predicted molar refractivity (Wildman–Crippen MR) is 150 cm³/mol. The highest BCUT2D eigenvalue weighted by atomic mass is 16.6. The van der Waals surface area contributed by atoms with E-state index < -0.39 is 165 Å². The molecule has 0 radical (unpaired) electrons. The molecule has 0 aromatic carbocycles. The molecule has 0 aromatic heterocycles. The minimum Gasteiger partial charge on any atom is -0.394 e. The Morgan fingerprint density at radius 1 is 0.500 bits per heavy atom. The largest absolute Gasteiger partial charge is 0.394 e. The summed E-state index contributed by atoms with van der Waals surface area (Å²) in [4.78, 5) is 40.4. The second-order valence-corrected chi connectivity index (χ2v) is 13.4. The van der Waals surface area contributed by atoms with Crippen LogP contribution >= 0.6 is 0 Å². The molecule has 3 aliphatic carbocycles. The predicted octanol–water partition coefficient (Wildman–Crippen LogP) is -10.0. The first kappa shape index (κ1) is 38.6. The highest BCUT2D eigenvalue weighted by molar-refractivity contribution is 5.88. The Kier molecular flexibility index (Phi) is 11.4. The van der Waals surface area contributed by atoms with E-state index in [0.29, 0.717) is 0 Å². The fraction of sp³-hybridized carbons (Fsp3) is 0.889. The van der Waals surface area contributed by atoms with Gasteiger partial charge in [0.1, 0.15) is 47.3 Å². The number of hydrogen-bond donors (Lipinski definition) is 17. The van der Waals surface area contributed by atoms with Crippen LogP contribution in [-0.4, -0.2) is 198 Å². The molecule has 0 aromatic rings. The van der Waals surface area contributed by atoms with Crippen LogP contribution in [0.3, 0.4) is 0 Å². The number of ether oxygens (including phenoxy) is 1. The Hall–Kier alpha value is -2.19. The van der Waals surface area contributed by atoms with Gasteiger partial charge in [-0.1, -0.05) is 0 Å². The minimum atomic E-state index is -2.61. The van der Waals surface area contributed by atoms with Gasteiger partial charge < -0.3 is 92.2 Å². The molecule has 21 nitrogen and oxygen atoms in total. The summed E-state index contributed by atoms with van der Waals surface area (Å²) in [5.74, 6) is -4.13. The third kappa shape index (κ3) is 7.45. The first-order valence-electron chi connectivity index (χ1n) is 15.3. The zero-order valence-electron chi connectivity index (χ0n) is 25.4. The van der Waals surface area contributed by atoms with Gasteiger partial charge in [-0.3, -0.25) is 14.4 Å². The summed E-state index contributed by atoms with van der Waals surface area (Å²) >= 11 is 0. The van der Waals surface area contributed by atoms with Crippen LogP contribution in [0.15, 0.2) is 0 Å². The number of aliphatic hydroxyl groups is 14. The normalized spacial score (nSPS) is 49.9. The standard InChI is InChI=1S/C27H45N3O18/c31-7-14-15(28-22(42)25(45)1-8(32)18(38)9(33)2-25)16(29-23(43)26(46)3-10(34)19(39)11(35)4-26)17(21(41)48-14)30-24(44)27(47)5-12(36)20(40)13(37)6-27/h8-21,31-41,45-47H,1-7H2,(H,28,42)(H,29,43)(H,30,44)/t8-,9-,10-,11-,12-,13-,14?,15?,16?,17?,18?,19?,20?,21?,25?,26?,27?/m1/s1. The van der Waals surface area contributed by atoms with Gasteiger partial charge in [0.2, 0.25) is 0 Å². The van der Waals surface area contributed by atoms with Gasteiger partial charge in [-0.05, 0) is 0 Å². The third-order valence-electron chi connectivity index (χ3n) is 9.78. The molecular weight excluding hydrogens is 654 g/mol. The van der Waals surface area contributed by atoms with Crippen LogP contribution in [0, 0.1) is 0 Å². The Labute approximate surface area is 272 Å².